The molecule has 1 aromatic heterocycles. The third-order valence-electron chi connectivity index (χ3n) is 1.49. The van der Waals surface area contributed by atoms with Gasteiger partial charge in [-0.25, -0.2) is 8.78 Å². The van der Waals surface area contributed by atoms with Gasteiger partial charge in [0.15, 0.2) is 0 Å². The standard InChI is InChI=1S/C8H5F4NO/c9-7(10)6(14)8(11,12)5-3-1-2-4-13-5/h1-4,7H. The molecule has 0 aliphatic carbocycles. The van der Waals surface area contributed by atoms with Crippen LogP contribution in [0.5, 0.6) is 0 Å². The number of alkyl halides is 4. The van der Waals surface area contributed by atoms with E-state index < -0.39 is 23.8 Å². The van der Waals surface area contributed by atoms with Crippen molar-refractivity contribution in [3.8, 4) is 0 Å². The second-order valence-electron chi connectivity index (χ2n) is 2.45. The van der Waals surface area contributed by atoms with Crippen LogP contribution in [0.2, 0.25) is 0 Å². The fourth-order valence-corrected chi connectivity index (χ4v) is 0.812. The van der Waals surface area contributed by atoms with Gasteiger partial charge in [-0.3, -0.25) is 9.78 Å². The molecule has 0 bridgehead atoms. The molecule has 1 rings (SSSR count). The van der Waals surface area contributed by atoms with Gasteiger partial charge in [0.25, 0.3) is 5.78 Å². The van der Waals surface area contributed by atoms with E-state index >= 15 is 0 Å². The van der Waals surface area contributed by atoms with E-state index in [2.05, 4.69) is 4.98 Å². The first kappa shape index (κ1) is 10.6. The Bertz CT molecular complexity index is 325. The lowest BCUT2D eigenvalue weighted by Crippen LogP contribution is -2.32. The Morgan fingerprint density at radius 3 is 2.43 bits per heavy atom. The van der Waals surface area contributed by atoms with Gasteiger partial charge in [0.05, 0.1) is 0 Å². The molecule has 14 heavy (non-hydrogen) atoms. The van der Waals surface area contributed by atoms with E-state index in [1.165, 1.54) is 12.1 Å². The SMILES string of the molecule is O=C(C(F)F)C(F)(F)c1ccccn1. The van der Waals surface area contributed by atoms with Gasteiger partial charge in [-0.05, 0) is 12.1 Å². The van der Waals surface area contributed by atoms with Crippen LogP contribution in [0, 0.1) is 0 Å². The van der Waals surface area contributed by atoms with Crippen LogP contribution in [-0.4, -0.2) is 17.2 Å². The number of hydrogen-bond acceptors (Lipinski definition) is 2. The molecule has 2 nitrogen and oxygen atoms in total. The van der Waals surface area contributed by atoms with Gasteiger partial charge >= 0.3 is 12.3 Å². The first-order chi connectivity index (χ1) is 6.46. The molecule has 0 radical (unpaired) electrons. The topological polar surface area (TPSA) is 30.0 Å². The smallest absolute Gasteiger partial charge is 0.286 e. The quantitative estimate of drug-likeness (QED) is 0.709. The minimum absolute atomic E-state index is 0.820. The zero-order chi connectivity index (χ0) is 10.8. The Labute approximate surface area is 76.6 Å². The van der Waals surface area contributed by atoms with Gasteiger partial charge in [-0.15, -0.1) is 0 Å². The molecule has 0 saturated heterocycles. The number of Topliss-reactive ketones (excluding diaryl/α,β-unsaturated/α-hetero) is 1. The number of hydrogen-bond donors (Lipinski definition) is 0. The van der Waals surface area contributed by atoms with Gasteiger partial charge < -0.3 is 0 Å². The Morgan fingerprint density at radius 1 is 1.36 bits per heavy atom. The number of aromatic nitrogens is 1. The summed E-state index contributed by atoms with van der Waals surface area (Å²) in [5, 5.41) is 0. The molecule has 0 saturated carbocycles. The van der Waals surface area contributed by atoms with Gasteiger partial charge in [-0.1, -0.05) is 6.07 Å². The second kappa shape index (κ2) is 3.73. The van der Waals surface area contributed by atoms with Crippen LogP contribution in [0.4, 0.5) is 17.6 Å². The molecule has 76 valence electrons. The molecule has 0 amide bonds. The van der Waals surface area contributed by atoms with Gasteiger partial charge in [0, 0.05) is 6.20 Å². The second-order valence-corrected chi connectivity index (χ2v) is 2.45. The van der Waals surface area contributed by atoms with Crippen LogP contribution in [0.25, 0.3) is 0 Å². The van der Waals surface area contributed by atoms with Crippen molar-refractivity contribution in [2.45, 2.75) is 12.3 Å². The molecule has 0 aliphatic rings. The van der Waals surface area contributed by atoms with Gasteiger partial charge in [0.2, 0.25) is 0 Å². The lowest BCUT2D eigenvalue weighted by molar-refractivity contribution is -0.156. The third kappa shape index (κ3) is 1.89. The van der Waals surface area contributed by atoms with Gasteiger partial charge in [0.1, 0.15) is 5.69 Å². The molecule has 0 unspecified atom stereocenters. The summed E-state index contributed by atoms with van der Waals surface area (Å²) in [7, 11) is 0. The molecule has 0 N–H and O–H groups in total. The third-order valence-corrected chi connectivity index (χ3v) is 1.49. The molecule has 0 fully saturated rings. The van der Waals surface area contributed by atoms with E-state index in [1.807, 2.05) is 0 Å². The van der Waals surface area contributed by atoms with Gasteiger partial charge in [-0.2, -0.15) is 8.78 Å². The number of rotatable bonds is 3. The highest BCUT2D eigenvalue weighted by Gasteiger charge is 2.46. The van der Waals surface area contributed by atoms with Crippen molar-refractivity contribution in [1.29, 1.82) is 0 Å². The lowest BCUT2D eigenvalue weighted by Gasteiger charge is -2.12. The predicted octanol–water partition coefficient (Wildman–Crippen LogP) is 2.01. The fourth-order valence-electron chi connectivity index (χ4n) is 0.812. The van der Waals surface area contributed by atoms with Crippen molar-refractivity contribution in [2.75, 3.05) is 0 Å². The van der Waals surface area contributed by atoms with Crippen molar-refractivity contribution in [3.05, 3.63) is 30.1 Å². The summed E-state index contributed by atoms with van der Waals surface area (Å²) >= 11 is 0. The predicted molar refractivity (Wildman–Crippen MR) is 39.1 cm³/mol. The molecule has 6 heteroatoms. The van der Waals surface area contributed by atoms with Crippen molar-refractivity contribution < 1.29 is 22.4 Å². The van der Waals surface area contributed by atoms with E-state index in [4.69, 9.17) is 0 Å². The van der Waals surface area contributed by atoms with Crippen LogP contribution < -0.4 is 0 Å². The normalized spacial score (nSPS) is 11.8. The molecule has 0 aromatic carbocycles. The minimum Gasteiger partial charge on any atom is -0.286 e. The van der Waals surface area contributed by atoms with E-state index in [9.17, 15) is 22.4 Å². The molecule has 0 aliphatic heterocycles. The van der Waals surface area contributed by atoms with Crippen molar-refractivity contribution in [1.82, 2.24) is 4.98 Å². The highest BCUT2D eigenvalue weighted by molar-refractivity contribution is 5.89. The number of pyridine rings is 1. The first-order valence-corrected chi connectivity index (χ1v) is 3.58. The van der Waals surface area contributed by atoms with Crippen molar-refractivity contribution in [3.63, 3.8) is 0 Å². The molecule has 1 aromatic rings. The molecular weight excluding hydrogens is 202 g/mol. The van der Waals surface area contributed by atoms with Crippen LogP contribution in [0.1, 0.15) is 5.69 Å². The van der Waals surface area contributed by atoms with Crippen LogP contribution in [-0.2, 0) is 10.7 Å². The average molecular weight is 207 g/mol. The van der Waals surface area contributed by atoms with E-state index in [-0.39, 0.29) is 0 Å². The summed E-state index contributed by atoms with van der Waals surface area (Å²) in [6, 6.07) is 3.35. The number of halogens is 4. The summed E-state index contributed by atoms with van der Waals surface area (Å²) in [6.07, 6.45) is -2.70. The summed E-state index contributed by atoms with van der Waals surface area (Å²) in [5.41, 5.74) is -0.967. The lowest BCUT2D eigenvalue weighted by atomic mass is 10.1. The highest BCUT2D eigenvalue weighted by Crippen LogP contribution is 2.29. The summed E-state index contributed by atoms with van der Waals surface area (Å²) in [6.45, 7) is 0. The first-order valence-electron chi connectivity index (χ1n) is 3.58. The molecule has 1 heterocycles. The monoisotopic (exact) mass is 207 g/mol. The number of nitrogens with zero attached hydrogens (tertiary/aromatic N) is 1. The van der Waals surface area contributed by atoms with E-state index in [0.717, 1.165) is 12.3 Å². The molecule has 0 atom stereocenters. The maximum absolute atomic E-state index is 12.9. The minimum atomic E-state index is -4.23. The van der Waals surface area contributed by atoms with Crippen molar-refractivity contribution in [2.24, 2.45) is 0 Å². The van der Waals surface area contributed by atoms with E-state index in [0.29, 0.717) is 0 Å². The highest BCUT2D eigenvalue weighted by atomic mass is 19.3. The maximum atomic E-state index is 12.9. The number of carbonyl (C=O) groups is 1. The maximum Gasteiger partial charge on any atom is 0.352 e. The summed E-state index contributed by atoms with van der Waals surface area (Å²) in [4.78, 5) is 13.6. The molecular formula is C8H5F4NO. The fraction of sp³-hybridized carbons (Fsp3) is 0.250. The zero-order valence-corrected chi connectivity index (χ0v) is 6.75. The van der Waals surface area contributed by atoms with Crippen LogP contribution in [0.3, 0.4) is 0 Å². The Kier molecular flexibility index (Phi) is 2.83. The summed E-state index contributed by atoms with van der Waals surface area (Å²) in [5.74, 6) is -6.66. The Balaban J connectivity index is 3.02. The van der Waals surface area contributed by atoms with Crippen LogP contribution in [0.15, 0.2) is 24.4 Å². The Morgan fingerprint density at radius 2 is 2.00 bits per heavy atom. The van der Waals surface area contributed by atoms with Crippen molar-refractivity contribution >= 4 is 5.78 Å². The van der Waals surface area contributed by atoms with Crippen LogP contribution >= 0.6 is 0 Å². The number of ketones is 1. The summed E-state index contributed by atoms with van der Waals surface area (Å²) < 4.78 is 49.3. The molecule has 0 spiro atoms. The number of carbonyl (C=O) groups excluding carboxylic acids is 1. The van der Waals surface area contributed by atoms with E-state index in [1.54, 1.807) is 0 Å². The Hall–Kier alpha value is -1.46. The zero-order valence-electron chi connectivity index (χ0n) is 6.75. The average Bonchev–Trinajstić information content (AvgIpc) is 2.18. The largest absolute Gasteiger partial charge is 0.352 e.